The average Bonchev–Trinajstić information content (AvgIpc) is 3.26. The number of likely N-dealkylation sites (tertiary alicyclic amines) is 1. The average molecular weight is 320 g/mol. The van der Waals surface area contributed by atoms with Crippen LogP contribution >= 0.6 is 11.6 Å². The maximum Gasteiger partial charge on any atom is 0.261 e. The van der Waals surface area contributed by atoms with Gasteiger partial charge in [-0.2, -0.15) is 10.1 Å². The third-order valence-corrected chi connectivity index (χ3v) is 3.99. The van der Waals surface area contributed by atoms with Crippen molar-refractivity contribution in [3.05, 3.63) is 41.8 Å². The van der Waals surface area contributed by atoms with Crippen LogP contribution < -0.4 is 0 Å². The highest BCUT2D eigenvalue weighted by Gasteiger charge is 2.25. The van der Waals surface area contributed by atoms with E-state index < -0.39 is 0 Å². The first-order valence-corrected chi connectivity index (χ1v) is 7.43. The number of rotatable bonds is 4. The second-order valence-electron chi connectivity index (χ2n) is 5.34. The highest BCUT2D eigenvalue weighted by atomic mass is 35.5. The van der Waals surface area contributed by atoms with Crippen LogP contribution in [0.5, 0.6) is 0 Å². The van der Waals surface area contributed by atoms with Crippen molar-refractivity contribution in [2.45, 2.75) is 19.0 Å². The molecule has 1 atom stereocenters. The molecule has 0 N–H and O–H groups in total. The second kappa shape index (κ2) is 5.58. The molecule has 1 saturated heterocycles. The molecule has 7 nitrogen and oxygen atoms in total. The summed E-state index contributed by atoms with van der Waals surface area (Å²) < 4.78 is 12.2. The summed E-state index contributed by atoms with van der Waals surface area (Å²) >= 11 is 5.92. The molecule has 4 heterocycles. The number of nitrogens with zero attached hydrogens (tertiary/aromatic N) is 5. The molecule has 0 spiro atoms. The zero-order valence-electron chi connectivity index (χ0n) is 11.7. The normalized spacial score (nSPS) is 19.0. The van der Waals surface area contributed by atoms with Gasteiger partial charge in [-0.3, -0.25) is 9.58 Å². The predicted octanol–water partition coefficient (Wildman–Crippen LogP) is 2.63. The number of halogens is 1. The minimum Gasteiger partial charge on any atom is -0.472 e. The molecular formula is C14H14ClN5O2. The molecular weight excluding hydrogens is 306 g/mol. The number of furan rings is 1. The van der Waals surface area contributed by atoms with E-state index in [1.807, 2.05) is 10.9 Å². The zero-order valence-corrected chi connectivity index (χ0v) is 12.5. The Bertz CT molecular complexity index is 751. The maximum absolute atomic E-state index is 5.92. The van der Waals surface area contributed by atoms with Gasteiger partial charge in [-0.15, -0.1) is 0 Å². The summed E-state index contributed by atoms with van der Waals surface area (Å²) in [5, 5.41) is 8.97. The highest BCUT2D eigenvalue weighted by Crippen LogP contribution is 2.24. The van der Waals surface area contributed by atoms with Crippen LogP contribution in [0, 0.1) is 0 Å². The SMILES string of the molecule is Clc1cnn(C2CCN(Cc3noc(-c4ccoc4)n3)C2)c1. The van der Waals surface area contributed by atoms with Gasteiger partial charge in [0.2, 0.25) is 0 Å². The lowest BCUT2D eigenvalue weighted by atomic mass is 10.3. The van der Waals surface area contributed by atoms with Gasteiger partial charge in [-0.05, 0) is 12.5 Å². The van der Waals surface area contributed by atoms with E-state index in [2.05, 4.69) is 20.1 Å². The van der Waals surface area contributed by atoms with E-state index in [1.165, 1.54) is 0 Å². The number of hydrogen-bond donors (Lipinski definition) is 0. The van der Waals surface area contributed by atoms with E-state index in [0.717, 1.165) is 25.1 Å². The van der Waals surface area contributed by atoms with Gasteiger partial charge in [0, 0.05) is 19.3 Å². The van der Waals surface area contributed by atoms with Gasteiger partial charge in [-0.25, -0.2) is 0 Å². The molecule has 0 saturated carbocycles. The second-order valence-corrected chi connectivity index (χ2v) is 5.78. The van der Waals surface area contributed by atoms with E-state index in [-0.39, 0.29) is 0 Å². The lowest BCUT2D eigenvalue weighted by Crippen LogP contribution is -2.22. The summed E-state index contributed by atoms with van der Waals surface area (Å²) in [6.07, 6.45) is 7.73. The molecule has 0 bridgehead atoms. The molecule has 1 aliphatic heterocycles. The summed E-state index contributed by atoms with van der Waals surface area (Å²) in [6.45, 7) is 2.53. The molecule has 0 aromatic carbocycles. The molecule has 1 aliphatic rings. The van der Waals surface area contributed by atoms with Crippen molar-refractivity contribution < 1.29 is 8.94 Å². The molecule has 0 radical (unpaired) electrons. The molecule has 3 aromatic rings. The van der Waals surface area contributed by atoms with Crippen molar-refractivity contribution in [1.82, 2.24) is 24.8 Å². The summed E-state index contributed by atoms with van der Waals surface area (Å²) in [7, 11) is 0. The molecule has 3 aromatic heterocycles. The lowest BCUT2D eigenvalue weighted by Gasteiger charge is -2.13. The molecule has 8 heteroatoms. The van der Waals surface area contributed by atoms with Gasteiger partial charge in [0.05, 0.1) is 35.6 Å². The van der Waals surface area contributed by atoms with Gasteiger partial charge in [0.15, 0.2) is 5.82 Å². The fraction of sp³-hybridized carbons (Fsp3) is 0.357. The van der Waals surface area contributed by atoms with Crippen molar-refractivity contribution in [3.8, 4) is 11.5 Å². The number of aromatic nitrogens is 4. The predicted molar refractivity (Wildman–Crippen MR) is 78.2 cm³/mol. The minimum absolute atomic E-state index is 0.341. The Morgan fingerprint density at radius 2 is 2.36 bits per heavy atom. The fourth-order valence-corrected chi connectivity index (χ4v) is 2.85. The van der Waals surface area contributed by atoms with Crippen molar-refractivity contribution in [2.24, 2.45) is 0 Å². The van der Waals surface area contributed by atoms with E-state index in [4.69, 9.17) is 20.5 Å². The van der Waals surface area contributed by atoms with E-state index in [0.29, 0.717) is 29.3 Å². The van der Waals surface area contributed by atoms with E-state index in [9.17, 15) is 0 Å². The fourth-order valence-electron chi connectivity index (χ4n) is 2.71. The van der Waals surface area contributed by atoms with Crippen molar-refractivity contribution >= 4 is 11.6 Å². The quantitative estimate of drug-likeness (QED) is 0.736. The van der Waals surface area contributed by atoms with Crippen LogP contribution in [-0.4, -0.2) is 37.9 Å². The van der Waals surface area contributed by atoms with Crippen LogP contribution in [0.25, 0.3) is 11.5 Å². The summed E-state index contributed by atoms with van der Waals surface area (Å²) in [5.41, 5.74) is 0.796. The lowest BCUT2D eigenvalue weighted by molar-refractivity contribution is 0.297. The first-order valence-electron chi connectivity index (χ1n) is 7.05. The zero-order chi connectivity index (χ0) is 14.9. The Kier molecular flexibility index (Phi) is 3.44. The molecule has 22 heavy (non-hydrogen) atoms. The Hall–Kier alpha value is -2.12. The van der Waals surface area contributed by atoms with Crippen molar-refractivity contribution in [3.63, 3.8) is 0 Å². The molecule has 1 fully saturated rings. The highest BCUT2D eigenvalue weighted by molar-refractivity contribution is 6.30. The largest absolute Gasteiger partial charge is 0.472 e. The van der Waals surface area contributed by atoms with Gasteiger partial charge in [0.25, 0.3) is 5.89 Å². The van der Waals surface area contributed by atoms with Crippen LogP contribution in [0.1, 0.15) is 18.3 Å². The van der Waals surface area contributed by atoms with Crippen LogP contribution in [0.4, 0.5) is 0 Å². The summed E-state index contributed by atoms with van der Waals surface area (Å²) in [6, 6.07) is 2.14. The Balaban J connectivity index is 1.40. The number of hydrogen-bond acceptors (Lipinski definition) is 6. The maximum atomic E-state index is 5.92. The topological polar surface area (TPSA) is 73.1 Å². The van der Waals surface area contributed by atoms with Crippen LogP contribution in [0.15, 0.2) is 39.9 Å². The summed E-state index contributed by atoms with van der Waals surface area (Å²) in [4.78, 5) is 6.68. The Morgan fingerprint density at radius 3 is 3.14 bits per heavy atom. The molecule has 0 aliphatic carbocycles. The first kappa shape index (κ1) is 13.5. The van der Waals surface area contributed by atoms with Crippen LogP contribution in [-0.2, 0) is 6.54 Å². The Labute approximate surface area is 131 Å². The summed E-state index contributed by atoms with van der Waals surface area (Å²) in [5.74, 6) is 1.16. The monoisotopic (exact) mass is 319 g/mol. The van der Waals surface area contributed by atoms with Crippen LogP contribution in [0.3, 0.4) is 0 Å². The minimum atomic E-state index is 0.341. The Morgan fingerprint density at radius 1 is 1.41 bits per heavy atom. The van der Waals surface area contributed by atoms with Gasteiger partial charge >= 0.3 is 0 Å². The standard InChI is InChI=1S/C14H14ClN5O2/c15-11-5-16-20(6-11)12-1-3-19(7-12)8-13-17-14(22-18-13)10-2-4-21-9-10/h2,4-6,9,12H,1,3,7-8H2. The van der Waals surface area contributed by atoms with Crippen LogP contribution in [0.2, 0.25) is 5.02 Å². The van der Waals surface area contributed by atoms with E-state index in [1.54, 1.807) is 24.8 Å². The third-order valence-electron chi connectivity index (χ3n) is 3.79. The molecule has 0 amide bonds. The van der Waals surface area contributed by atoms with E-state index >= 15 is 0 Å². The third kappa shape index (κ3) is 2.65. The van der Waals surface area contributed by atoms with Gasteiger partial charge in [-0.1, -0.05) is 16.8 Å². The van der Waals surface area contributed by atoms with Gasteiger partial charge < -0.3 is 8.94 Å². The first-order chi connectivity index (χ1) is 10.8. The van der Waals surface area contributed by atoms with Crippen molar-refractivity contribution in [2.75, 3.05) is 13.1 Å². The molecule has 1 unspecified atom stereocenters. The molecule has 4 rings (SSSR count). The van der Waals surface area contributed by atoms with Crippen molar-refractivity contribution in [1.29, 1.82) is 0 Å². The van der Waals surface area contributed by atoms with Gasteiger partial charge in [0.1, 0.15) is 6.26 Å². The molecule has 114 valence electrons. The smallest absolute Gasteiger partial charge is 0.261 e.